The summed E-state index contributed by atoms with van der Waals surface area (Å²) in [5.41, 5.74) is 1.51. The SMILES string of the molecule is COC(=O)c1c(NC(=O)CN(C)CC(=O)N2CCOCC2)sc2c1CCCCC2. The zero-order valence-corrected chi connectivity index (χ0v) is 17.9. The average Bonchev–Trinajstić information content (AvgIpc) is 2.88. The molecule has 0 bridgehead atoms. The lowest BCUT2D eigenvalue weighted by molar-refractivity contribution is -0.136. The summed E-state index contributed by atoms with van der Waals surface area (Å²) < 4.78 is 10.2. The molecule has 1 aromatic heterocycles. The van der Waals surface area contributed by atoms with Gasteiger partial charge in [-0.3, -0.25) is 14.5 Å². The van der Waals surface area contributed by atoms with E-state index in [1.54, 1.807) is 16.8 Å². The van der Waals surface area contributed by atoms with Crippen molar-refractivity contribution in [1.82, 2.24) is 9.80 Å². The zero-order valence-electron chi connectivity index (χ0n) is 17.1. The van der Waals surface area contributed by atoms with Gasteiger partial charge in [-0.25, -0.2) is 4.79 Å². The molecule has 2 aliphatic rings. The van der Waals surface area contributed by atoms with Gasteiger partial charge in [-0.05, 0) is 38.3 Å². The van der Waals surface area contributed by atoms with Gasteiger partial charge in [0.05, 0.1) is 39.0 Å². The van der Waals surface area contributed by atoms with Gasteiger partial charge in [0.15, 0.2) is 0 Å². The highest BCUT2D eigenvalue weighted by Crippen LogP contribution is 2.37. The van der Waals surface area contributed by atoms with Gasteiger partial charge in [-0.15, -0.1) is 11.3 Å². The summed E-state index contributed by atoms with van der Waals surface area (Å²) in [6.07, 6.45) is 5.03. The molecule has 0 saturated carbocycles. The fourth-order valence-corrected chi connectivity index (χ4v) is 5.05. The monoisotopic (exact) mass is 423 g/mol. The van der Waals surface area contributed by atoms with Gasteiger partial charge >= 0.3 is 5.97 Å². The van der Waals surface area contributed by atoms with E-state index in [-0.39, 0.29) is 24.9 Å². The van der Waals surface area contributed by atoms with Crippen molar-refractivity contribution in [2.24, 2.45) is 0 Å². The second kappa shape index (κ2) is 10.2. The standard InChI is InChI=1S/C20H29N3O5S/c1-22(13-17(25)23-8-10-28-11-9-23)12-16(24)21-19-18(20(26)27-2)14-6-4-3-5-7-15(14)29-19/h3-13H2,1-2H3,(H,21,24). The molecule has 0 aromatic carbocycles. The average molecular weight is 424 g/mol. The molecule has 1 aliphatic carbocycles. The van der Waals surface area contributed by atoms with Crippen LogP contribution >= 0.6 is 11.3 Å². The van der Waals surface area contributed by atoms with Crippen molar-refractivity contribution in [3.05, 3.63) is 16.0 Å². The van der Waals surface area contributed by atoms with Gasteiger partial charge in [0.2, 0.25) is 11.8 Å². The van der Waals surface area contributed by atoms with Crippen LogP contribution in [0, 0.1) is 0 Å². The van der Waals surface area contributed by atoms with Crippen LogP contribution in [0.4, 0.5) is 5.00 Å². The van der Waals surface area contributed by atoms with Gasteiger partial charge in [0, 0.05) is 18.0 Å². The molecule has 1 N–H and O–H groups in total. The third kappa shape index (κ3) is 5.55. The molecule has 160 valence electrons. The van der Waals surface area contributed by atoms with Crippen LogP contribution in [0.3, 0.4) is 0 Å². The molecule has 1 saturated heterocycles. The first-order valence-electron chi connectivity index (χ1n) is 10.1. The number of likely N-dealkylation sites (N-methyl/N-ethyl adjacent to an activating group) is 1. The topological polar surface area (TPSA) is 88.2 Å². The van der Waals surface area contributed by atoms with Crippen LogP contribution in [0.15, 0.2) is 0 Å². The number of esters is 1. The smallest absolute Gasteiger partial charge is 0.341 e. The maximum absolute atomic E-state index is 12.6. The van der Waals surface area contributed by atoms with E-state index in [0.29, 0.717) is 36.9 Å². The fraction of sp³-hybridized carbons (Fsp3) is 0.650. The van der Waals surface area contributed by atoms with Crippen molar-refractivity contribution in [3.63, 3.8) is 0 Å². The number of aryl methyl sites for hydroxylation is 1. The highest BCUT2D eigenvalue weighted by atomic mass is 32.1. The maximum atomic E-state index is 12.6. The predicted octanol–water partition coefficient (Wildman–Crippen LogP) is 1.53. The number of hydrogen-bond acceptors (Lipinski definition) is 7. The number of ether oxygens (including phenoxy) is 2. The molecule has 2 heterocycles. The molecular weight excluding hydrogens is 394 g/mol. The summed E-state index contributed by atoms with van der Waals surface area (Å²) in [6, 6.07) is 0. The summed E-state index contributed by atoms with van der Waals surface area (Å²) >= 11 is 1.47. The van der Waals surface area contributed by atoms with Gasteiger partial charge in [0.25, 0.3) is 0 Å². The van der Waals surface area contributed by atoms with Crippen LogP contribution in [0.25, 0.3) is 0 Å². The zero-order chi connectivity index (χ0) is 20.8. The van der Waals surface area contributed by atoms with E-state index in [4.69, 9.17) is 9.47 Å². The Labute approximate surface area is 175 Å². The normalized spacial score (nSPS) is 16.9. The lowest BCUT2D eigenvalue weighted by Crippen LogP contribution is -2.46. The Morgan fingerprint density at radius 3 is 2.59 bits per heavy atom. The van der Waals surface area contributed by atoms with Crippen LogP contribution in [0.1, 0.15) is 40.1 Å². The number of carbonyl (C=O) groups is 3. The summed E-state index contributed by atoms with van der Waals surface area (Å²) in [5.74, 6) is -0.666. The van der Waals surface area contributed by atoms with E-state index in [0.717, 1.165) is 42.5 Å². The minimum atomic E-state index is -0.407. The molecule has 3 rings (SSSR count). The minimum absolute atomic E-state index is 0.0123. The van der Waals surface area contributed by atoms with Gasteiger partial charge in [0.1, 0.15) is 5.00 Å². The third-order valence-electron chi connectivity index (χ3n) is 5.25. The summed E-state index contributed by atoms with van der Waals surface area (Å²) in [7, 11) is 3.10. The molecule has 2 amide bonds. The highest BCUT2D eigenvalue weighted by Gasteiger charge is 2.27. The Bertz CT molecular complexity index is 758. The predicted molar refractivity (Wildman–Crippen MR) is 110 cm³/mol. The third-order valence-corrected chi connectivity index (χ3v) is 6.45. The van der Waals surface area contributed by atoms with E-state index < -0.39 is 5.97 Å². The number of nitrogens with one attached hydrogen (secondary N) is 1. The Kier molecular flexibility index (Phi) is 7.63. The van der Waals surface area contributed by atoms with Gasteiger partial charge in [-0.1, -0.05) is 6.42 Å². The first-order valence-corrected chi connectivity index (χ1v) is 10.9. The highest BCUT2D eigenvalue weighted by molar-refractivity contribution is 7.17. The van der Waals surface area contributed by atoms with Crippen LogP contribution < -0.4 is 5.32 Å². The molecule has 1 aromatic rings. The fourth-order valence-electron chi connectivity index (χ4n) is 3.76. The number of anilines is 1. The molecule has 0 atom stereocenters. The second-order valence-electron chi connectivity index (χ2n) is 7.47. The lowest BCUT2D eigenvalue weighted by Gasteiger charge is -2.28. The Morgan fingerprint density at radius 2 is 1.86 bits per heavy atom. The lowest BCUT2D eigenvalue weighted by atomic mass is 10.1. The van der Waals surface area contributed by atoms with Crippen molar-refractivity contribution in [2.45, 2.75) is 32.1 Å². The van der Waals surface area contributed by atoms with Crippen molar-refractivity contribution in [3.8, 4) is 0 Å². The number of rotatable bonds is 6. The van der Waals surface area contributed by atoms with E-state index in [1.165, 1.54) is 18.4 Å². The second-order valence-corrected chi connectivity index (χ2v) is 8.58. The Balaban J connectivity index is 1.62. The Morgan fingerprint density at radius 1 is 1.14 bits per heavy atom. The van der Waals surface area contributed by atoms with Gasteiger partial charge in [-0.2, -0.15) is 0 Å². The molecular formula is C20H29N3O5S. The van der Waals surface area contributed by atoms with Crippen molar-refractivity contribution >= 4 is 34.1 Å². The van der Waals surface area contributed by atoms with E-state index in [2.05, 4.69) is 5.32 Å². The van der Waals surface area contributed by atoms with Crippen LogP contribution in [0.5, 0.6) is 0 Å². The number of amides is 2. The number of methoxy groups -OCH3 is 1. The first-order chi connectivity index (χ1) is 14.0. The quantitative estimate of drug-likeness (QED) is 0.552. The number of fused-ring (bicyclic) bond motifs is 1. The van der Waals surface area contributed by atoms with E-state index in [1.807, 2.05) is 0 Å². The number of morpholine rings is 1. The molecule has 0 radical (unpaired) electrons. The van der Waals surface area contributed by atoms with E-state index >= 15 is 0 Å². The minimum Gasteiger partial charge on any atom is -0.465 e. The molecule has 1 fully saturated rings. The molecule has 0 unspecified atom stereocenters. The largest absolute Gasteiger partial charge is 0.465 e. The molecule has 0 spiro atoms. The van der Waals surface area contributed by atoms with Crippen molar-refractivity contribution in [1.29, 1.82) is 0 Å². The molecule has 8 nitrogen and oxygen atoms in total. The maximum Gasteiger partial charge on any atom is 0.341 e. The van der Waals surface area contributed by atoms with Crippen LogP contribution in [-0.2, 0) is 31.9 Å². The summed E-state index contributed by atoms with van der Waals surface area (Å²) in [5, 5.41) is 3.44. The summed E-state index contributed by atoms with van der Waals surface area (Å²) in [4.78, 5) is 41.9. The molecule has 29 heavy (non-hydrogen) atoms. The number of carbonyl (C=O) groups excluding carboxylic acids is 3. The number of thiophene rings is 1. The number of hydrogen-bond donors (Lipinski definition) is 1. The van der Waals surface area contributed by atoms with Crippen molar-refractivity contribution < 1.29 is 23.9 Å². The van der Waals surface area contributed by atoms with Crippen molar-refractivity contribution in [2.75, 3.05) is 58.9 Å². The van der Waals surface area contributed by atoms with Crippen LogP contribution in [-0.4, -0.2) is 81.1 Å². The number of nitrogens with zero attached hydrogens (tertiary/aromatic N) is 2. The molecule has 9 heteroatoms. The van der Waals surface area contributed by atoms with E-state index in [9.17, 15) is 14.4 Å². The van der Waals surface area contributed by atoms with Gasteiger partial charge < -0.3 is 19.7 Å². The Hall–Kier alpha value is -1.97. The summed E-state index contributed by atoms with van der Waals surface area (Å²) in [6.45, 7) is 2.51. The first kappa shape index (κ1) is 21.7. The van der Waals surface area contributed by atoms with Crippen LogP contribution in [0.2, 0.25) is 0 Å². The molecule has 1 aliphatic heterocycles.